The minimum Gasteiger partial charge on any atom is -0.315 e. The van der Waals surface area contributed by atoms with Gasteiger partial charge in [0, 0.05) is 19.1 Å². The fraction of sp³-hybridized carbons (Fsp3) is 0.667. The van der Waals surface area contributed by atoms with Gasteiger partial charge in [-0.15, -0.1) is 0 Å². The Labute approximate surface area is 107 Å². The zero-order chi connectivity index (χ0) is 12.1. The van der Waals surface area contributed by atoms with Gasteiger partial charge in [0.1, 0.15) is 5.15 Å². The summed E-state index contributed by atoms with van der Waals surface area (Å²) in [6.45, 7) is 6.31. The highest BCUT2D eigenvalue weighted by Gasteiger charge is 2.19. The predicted octanol–water partition coefficient (Wildman–Crippen LogP) is 1.70. The standard InChI is InChI=1S/C12H19ClN4/c1-2-17(11-4-3-5-14-7-11)9-10-6-16-12(13)8-15-10/h6,8,11,14H,2-5,7,9H2,1H3. The number of nitrogens with zero attached hydrogens (tertiary/aromatic N) is 3. The molecule has 0 aliphatic carbocycles. The molecule has 4 nitrogen and oxygen atoms in total. The van der Waals surface area contributed by atoms with E-state index >= 15 is 0 Å². The van der Waals surface area contributed by atoms with Crippen molar-refractivity contribution in [3.63, 3.8) is 0 Å². The third kappa shape index (κ3) is 3.63. The van der Waals surface area contributed by atoms with Crippen LogP contribution in [0.1, 0.15) is 25.5 Å². The Hall–Kier alpha value is -0.710. The second-order valence-corrected chi connectivity index (χ2v) is 4.78. The van der Waals surface area contributed by atoms with E-state index in [1.54, 1.807) is 12.4 Å². The predicted molar refractivity (Wildman–Crippen MR) is 69.0 cm³/mol. The lowest BCUT2D eigenvalue weighted by atomic mass is 10.1. The van der Waals surface area contributed by atoms with Gasteiger partial charge in [-0.3, -0.25) is 9.88 Å². The summed E-state index contributed by atoms with van der Waals surface area (Å²) in [7, 11) is 0. The number of rotatable bonds is 4. The Kier molecular flexibility index (Phi) is 4.71. The SMILES string of the molecule is CCN(Cc1cnc(Cl)cn1)C1CCCNC1. The van der Waals surface area contributed by atoms with Crippen LogP contribution in [0.2, 0.25) is 5.15 Å². The lowest BCUT2D eigenvalue weighted by molar-refractivity contribution is 0.164. The van der Waals surface area contributed by atoms with Crippen LogP contribution in [0.4, 0.5) is 0 Å². The molecule has 0 saturated carbocycles. The normalized spacial score (nSPS) is 20.8. The van der Waals surface area contributed by atoms with E-state index in [1.807, 2.05) is 0 Å². The van der Waals surface area contributed by atoms with Gasteiger partial charge in [0.25, 0.3) is 0 Å². The fourth-order valence-electron chi connectivity index (χ4n) is 2.27. The van der Waals surface area contributed by atoms with Crippen molar-refractivity contribution in [3.05, 3.63) is 23.2 Å². The number of aromatic nitrogens is 2. The highest BCUT2D eigenvalue weighted by Crippen LogP contribution is 2.13. The molecule has 1 unspecified atom stereocenters. The Bertz CT molecular complexity index is 335. The number of nitrogens with one attached hydrogen (secondary N) is 1. The maximum atomic E-state index is 5.73. The van der Waals surface area contributed by atoms with E-state index in [4.69, 9.17) is 11.6 Å². The Morgan fingerprint density at radius 3 is 2.94 bits per heavy atom. The molecule has 1 aromatic heterocycles. The van der Waals surface area contributed by atoms with Crippen molar-refractivity contribution in [3.8, 4) is 0 Å². The lowest BCUT2D eigenvalue weighted by Crippen LogP contribution is -2.45. The summed E-state index contributed by atoms with van der Waals surface area (Å²) in [6.07, 6.45) is 5.90. The molecule has 1 atom stereocenters. The summed E-state index contributed by atoms with van der Waals surface area (Å²) >= 11 is 5.73. The smallest absolute Gasteiger partial charge is 0.147 e. The van der Waals surface area contributed by atoms with E-state index in [0.29, 0.717) is 11.2 Å². The second kappa shape index (κ2) is 6.28. The molecular weight excluding hydrogens is 236 g/mol. The van der Waals surface area contributed by atoms with Crippen LogP contribution in [0.25, 0.3) is 0 Å². The van der Waals surface area contributed by atoms with Crippen molar-refractivity contribution in [1.29, 1.82) is 0 Å². The highest BCUT2D eigenvalue weighted by molar-refractivity contribution is 6.29. The largest absolute Gasteiger partial charge is 0.315 e. The van der Waals surface area contributed by atoms with Crippen LogP contribution in [-0.2, 0) is 6.54 Å². The van der Waals surface area contributed by atoms with Crippen molar-refractivity contribution in [2.75, 3.05) is 19.6 Å². The van der Waals surface area contributed by atoms with Crippen molar-refractivity contribution in [1.82, 2.24) is 20.2 Å². The Balaban J connectivity index is 1.96. The van der Waals surface area contributed by atoms with Gasteiger partial charge in [-0.1, -0.05) is 18.5 Å². The van der Waals surface area contributed by atoms with Gasteiger partial charge in [0.05, 0.1) is 18.1 Å². The van der Waals surface area contributed by atoms with Gasteiger partial charge >= 0.3 is 0 Å². The summed E-state index contributed by atoms with van der Waals surface area (Å²) in [5.74, 6) is 0. The number of hydrogen-bond donors (Lipinski definition) is 1. The van der Waals surface area contributed by atoms with Crippen LogP contribution >= 0.6 is 11.6 Å². The fourth-order valence-corrected chi connectivity index (χ4v) is 2.37. The molecule has 1 aliphatic rings. The van der Waals surface area contributed by atoms with E-state index in [0.717, 1.165) is 31.9 Å². The molecule has 1 fully saturated rings. The van der Waals surface area contributed by atoms with Crippen molar-refractivity contribution in [2.24, 2.45) is 0 Å². The molecule has 1 N–H and O–H groups in total. The third-order valence-electron chi connectivity index (χ3n) is 3.23. The summed E-state index contributed by atoms with van der Waals surface area (Å²) in [4.78, 5) is 10.8. The number of piperidine rings is 1. The molecule has 1 aromatic rings. The van der Waals surface area contributed by atoms with Crippen LogP contribution in [-0.4, -0.2) is 40.5 Å². The first-order chi connectivity index (χ1) is 8.29. The van der Waals surface area contributed by atoms with Gasteiger partial charge < -0.3 is 5.32 Å². The molecule has 1 saturated heterocycles. The van der Waals surface area contributed by atoms with Crippen LogP contribution in [0.3, 0.4) is 0 Å². The molecule has 2 heterocycles. The first-order valence-electron chi connectivity index (χ1n) is 6.20. The summed E-state index contributed by atoms with van der Waals surface area (Å²) < 4.78 is 0. The molecule has 0 bridgehead atoms. The zero-order valence-electron chi connectivity index (χ0n) is 10.2. The first kappa shape index (κ1) is 12.7. The molecule has 0 spiro atoms. The molecule has 0 radical (unpaired) electrons. The summed E-state index contributed by atoms with van der Waals surface area (Å²) in [6, 6.07) is 0.617. The molecule has 17 heavy (non-hydrogen) atoms. The van der Waals surface area contributed by atoms with Crippen LogP contribution < -0.4 is 5.32 Å². The molecule has 2 rings (SSSR count). The molecule has 5 heteroatoms. The van der Waals surface area contributed by atoms with Gasteiger partial charge in [-0.05, 0) is 25.9 Å². The maximum Gasteiger partial charge on any atom is 0.147 e. The Morgan fingerprint density at radius 1 is 1.47 bits per heavy atom. The minimum absolute atomic E-state index is 0.455. The molecule has 1 aliphatic heterocycles. The average Bonchev–Trinajstić information content (AvgIpc) is 2.39. The van der Waals surface area contributed by atoms with E-state index in [-0.39, 0.29) is 0 Å². The van der Waals surface area contributed by atoms with Gasteiger partial charge in [0.2, 0.25) is 0 Å². The number of halogens is 1. The molecule has 0 aromatic carbocycles. The maximum absolute atomic E-state index is 5.73. The minimum atomic E-state index is 0.455. The van der Waals surface area contributed by atoms with Crippen molar-refractivity contribution >= 4 is 11.6 Å². The monoisotopic (exact) mass is 254 g/mol. The molecule has 94 valence electrons. The van der Waals surface area contributed by atoms with Crippen molar-refractivity contribution < 1.29 is 0 Å². The second-order valence-electron chi connectivity index (χ2n) is 4.39. The Morgan fingerprint density at radius 2 is 2.35 bits per heavy atom. The molecular formula is C12H19ClN4. The van der Waals surface area contributed by atoms with E-state index < -0.39 is 0 Å². The summed E-state index contributed by atoms with van der Waals surface area (Å²) in [5, 5.41) is 3.90. The lowest BCUT2D eigenvalue weighted by Gasteiger charge is -2.33. The van der Waals surface area contributed by atoms with E-state index in [1.165, 1.54) is 12.8 Å². The van der Waals surface area contributed by atoms with Gasteiger partial charge in [-0.25, -0.2) is 4.98 Å². The topological polar surface area (TPSA) is 41.1 Å². The van der Waals surface area contributed by atoms with Crippen LogP contribution in [0, 0.1) is 0 Å². The number of likely N-dealkylation sites (N-methyl/N-ethyl adjacent to an activating group) is 1. The summed E-state index contributed by atoms with van der Waals surface area (Å²) in [5.41, 5.74) is 0.988. The zero-order valence-corrected chi connectivity index (χ0v) is 11.0. The van der Waals surface area contributed by atoms with Crippen LogP contribution in [0.5, 0.6) is 0 Å². The van der Waals surface area contributed by atoms with Gasteiger partial charge in [-0.2, -0.15) is 0 Å². The third-order valence-corrected chi connectivity index (χ3v) is 3.43. The first-order valence-corrected chi connectivity index (χ1v) is 6.58. The molecule has 0 amide bonds. The van der Waals surface area contributed by atoms with E-state index in [9.17, 15) is 0 Å². The van der Waals surface area contributed by atoms with Gasteiger partial charge in [0.15, 0.2) is 0 Å². The van der Waals surface area contributed by atoms with Crippen molar-refractivity contribution in [2.45, 2.75) is 32.4 Å². The van der Waals surface area contributed by atoms with E-state index in [2.05, 4.69) is 27.1 Å². The number of hydrogen-bond acceptors (Lipinski definition) is 4. The quantitative estimate of drug-likeness (QED) is 0.888. The highest BCUT2D eigenvalue weighted by atomic mass is 35.5. The van der Waals surface area contributed by atoms with Crippen LogP contribution in [0.15, 0.2) is 12.4 Å². The average molecular weight is 255 g/mol.